The lowest BCUT2D eigenvalue weighted by Gasteiger charge is -2.32. The number of nitrogens with two attached hydrogens (primary N) is 1. The predicted molar refractivity (Wildman–Crippen MR) is 85.9 cm³/mol. The summed E-state index contributed by atoms with van der Waals surface area (Å²) in [5, 5.41) is 9.35. The van der Waals surface area contributed by atoms with E-state index in [0.29, 0.717) is 11.4 Å². The summed E-state index contributed by atoms with van der Waals surface area (Å²) in [4.78, 5) is 3.25. The number of nitriles is 1. The highest BCUT2D eigenvalue weighted by atomic mass is 79.9. The maximum Gasteiger partial charge on any atom is 0.150 e. The van der Waals surface area contributed by atoms with E-state index in [1.165, 1.54) is 11.1 Å². The zero-order valence-electron chi connectivity index (χ0n) is 11.6. The Bertz CT molecular complexity index is 736. The zero-order valence-corrected chi connectivity index (χ0v) is 13.2. The number of fused-ring (bicyclic) bond motifs is 1. The maximum atomic E-state index is 9.35. The Morgan fingerprint density at radius 2 is 2.05 bits per heavy atom. The first-order valence-electron chi connectivity index (χ1n) is 6.70. The van der Waals surface area contributed by atoms with Gasteiger partial charge in [0.1, 0.15) is 6.07 Å². The van der Waals surface area contributed by atoms with Gasteiger partial charge in [0.05, 0.1) is 27.9 Å². The molecule has 21 heavy (non-hydrogen) atoms. The molecule has 3 rings (SSSR count). The SMILES string of the molecule is Cc1ccc(CC2c3[nH]ccc3C(N)=C(C#N)N2Br)cc1. The van der Waals surface area contributed by atoms with Crippen LogP contribution in [0.1, 0.15) is 28.4 Å². The molecule has 1 aromatic carbocycles. The van der Waals surface area contributed by atoms with Crippen LogP contribution in [0.2, 0.25) is 0 Å². The Kier molecular flexibility index (Phi) is 3.48. The van der Waals surface area contributed by atoms with Crippen LogP contribution in [0.4, 0.5) is 0 Å². The molecule has 3 N–H and O–H groups in total. The van der Waals surface area contributed by atoms with Crippen LogP contribution >= 0.6 is 16.1 Å². The van der Waals surface area contributed by atoms with E-state index in [1.807, 2.05) is 12.3 Å². The Labute approximate surface area is 132 Å². The molecule has 2 heterocycles. The highest BCUT2D eigenvalue weighted by Crippen LogP contribution is 2.39. The van der Waals surface area contributed by atoms with Crippen molar-refractivity contribution in [2.45, 2.75) is 19.4 Å². The second kappa shape index (κ2) is 5.30. The highest BCUT2D eigenvalue weighted by molar-refractivity contribution is 9.07. The summed E-state index contributed by atoms with van der Waals surface area (Å²) in [6.07, 6.45) is 2.65. The van der Waals surface area contributed by atoms with Crippen molar-refractivity contribution in [3.05, 3.63) is 64.6 Å². The number of aromatic nitrogens is 1. The molecular formula is C16H15BrN4. The van der Waals surface area contributed by atoms with Gasteiger partial charge in [0.15, 0.2) is 5.70 Å². The van der Waals surface area contributed by atoms with Crippen molar-refractivity contribution in [1.82, 2.24) is 8.91 Å². The molecule has 5 heteroatoms. The normalized spacial score (nSPS) is 17.6. The standard InChI is InChI=1S/C16H15BrN4/c1-10-2-4-11(5-3-10)8-13-16-12(6-7-20-16)15(19)14(9-18)21(13)17/h2-7,13,20H,8,19H2,1H3. The molecular weight excluding hydrogens is 328 g/mol. The number of aromatic amines is 1. The van der Waals surface area contributed by atoms with E-state index in [9.17, 15) is 5.26 Å². The molecule has 1 aromatic heterocycles. The minimum atomic E-state index is 0.0136. The largest absolute Gasteiger partial charge is 0.396 e. The molecule has 0 saturated heterocycles. The lowest BCUT2D eigenvalue weighted by atomic mass is 9.95. The molecule has 0 radical (unpaired) electrons. The maximum absolute atomic E-state index is 9.35. The van der Waals surface area contributed by atoms with Gasteiger partial charge in [-0.25, -0.2) is 0 Å². The fourth-order valence-electron chi connectivity index (χ4n) is 2.64. The van der Waals surface area contributed by atoms with Crippen molar-refractivity contribution in [3.63, 3.8) is 0 Å². The van der Waals surface area contributed by atoms with Crippen LogP contribution in [-0.2, 0) is 6.42 Å². The van der Waals surface area contributed by atoms with Crippen molar-refractivity contribution in [2.75, 3.05) is 0 Å². The van der Waals surface area contributed by atoms with Crippen LogP contribution in [0.15, 0.2) is 42.2 Å². The van der Waals surface area contributed by atoms with Crippen LogP contribution in [0.3, 0.4) is 0 Å². The Morgan fingerprint density at radius 3 is 2.71 bits per heavy atom. The second-order valence-electron chi connectivity index (χ2n) is 5.20. The van der Waals surface area contributed by atoms with Gasteiger partial charge in [0, 0.05) is 17.5 Å². The number of rotatable bonds is 2. The van der Waals surface area contributed by atoms with Gasteiger partial charge in [-0.3, -0.25) is 3.93 Å². The number of aryl methyl sites for hydroxylation is 1. The summed E-state index contributed by atoms with van der Waals surface area (Å²) < 4.78 is 1.78. The number of allylic oxidation sites excluding steroid dienone is 1. The second-order valence-corrected chi connectivity index (χ2v) is 5.96. The summed E-state index contributed by atoms with van der Waals surface area (Å²) in [5.74, 6) is 0. The smallest absolute Gasteiger partial charge is 0.150 e. The first kappa shape index (κ1) is 13.8. The topological polar surface area (TPSA) is 68.8 Å². The summed E-state index contributed by atoms with van der Waals surface area (Å²) >= 11 is 3.50. The van der Waals surface area contributed by atoms with Crippen LogP contribution < -0.4 is 5.73 Å². The molecule has 0 fully saturated rings. The van der Waals surface area contributed by atoms with Gasteiger partial charge in [-0.2, -0.15) is 5.26 Å². The van der Waals surface area contributed by atoms with E-state index in [2.05, 4.69) is 58.4 Å². The molecule has 1 atom stereocenters. The van der Waals surface area contributed by atoms with Gasteiger partial charge < -0.3 is 10.7 Å². The van der Waals surface area contributed by atoms with Crippen LogP contribution in [-0.4, -0.2) is 8.91 Å². The van der Waals surface area contributed by atoms with E-state index >= 15 is 0 Å². The number of hydrogen-bond donors (Lipinski definition) is 2. The lowest BCUT2D eigenvalue weighted by molar-refractivity contribution is 0.434. The summed E-state index contributed by atoms with van der Waals surface area (Å²) in [7, 11) is 0. The molecule has 2 aromatic rings. The molecule has 0 aliphatic carbocycles. The van der Waals surface area contributed by atoms with Crippen molar-refractivity contribution in [3.8, 4) is 6.07 Å². The first-order chi connectivity index (χ1) is 10.1. The van der Waals surface area contributed by atoms with Crippen molar-refractivity contribution >= 4 is 21.8 Å². The monoisotopic (exact) mass is 342 g/mol. The van der Waals surface area contributed by atoms with E-state index in [4.69, 9.17) is 5.73 Å². The number of halogens is 1. The summed E-state index contributed by atoms with van der Waals surface area (Å²) in [6.45, 7) is 2.07. The van der Waals surface area contributed by atoms with E-state index < -0.39 is 0 Å². The molecule has 1 aliphatic heterocycles. The molecule has 0 amide bonds. The molecule has 4 nitrogen and oxygen atoms in total. The van der Waals surface area contributed by atoms with E-state index in [-0.39, 0.29) is 6.04 Å². The number of nitrogens with one attached hydrogen (secondary N) is 1. The first-order valence-corrected chi connectivity index (χ1v) is 7.40. The van der Waals surface area contributed by atoms with Crippen molar-refractivity contribution in [1.29, 1.82) is 5.26 Å². The third kappa shape index (κ3) is 2.32. The highest BCUT2D eigenvalue weighted by Gasteiger charge is 2.32. The van der Waals surface area contributed by atoms with Gasteiger partial charge in [0.25, 0.3) is 0 Å². The summed E-state index contributed by atoms with van der Waals surface area (Å²) in [5.41, 5.74) is 11.4. The minimum absolute atomic E-state index is 0.0136. The Hall–Kier alpha value is -2.19. The quantitative estimate of drug-likeness (QED) is 0.822. The fourth-order valence-corrected chi connectivity index (χ4v) is 3.26. The van der Waals surface area contributed by atoms with Gasteiger partial charge >= 0.3 is 0 Å². The third-order valence-corrected chi connectivity index (χ3v) is 4.65. The Morgan fingerprint density at radius 1 is 1.33 bits per heavy atom. The van der Waals surface area contributed by atoms with Gasteiger partial charge in [-0.1, -0.05) is 29.8 Å². The van der Waals surface area contributed by atoms with Crippen LogP contribution in [0.5, 0.6) is 0 Å². The molecule has 1 aliphatic rings. The van der Waals surface area contributed by atoms with Crippen molar-refractivity contribution < 1.29 is 0 Å². The van der Waals surface area contributed by atoms with Crippen molar-refractivity contribution in [2.24, 2.45) is 5.73 Å². The van der Waals surface area contributed by atoms with Crippen LogP contribution in [0.25, 0.3) is 5.70 Å². The number of benzene rings is 1. The number of H-pyrrole nitrogens is 1. The zero-order chi connectivity index (χ0) is 15.0. The van der Waals surface area contributed by atoms with E-state index in [1.54, 1.807) is 3.93 Å². The van der Waals surface area contributed by atoms with Gasteiger partial charge in [0.2, 0.25) is 0 Å². The molecule has 0 spiro atoms. The number of nitrogens with zero attached hydrogens (tertiary/aromatic N) is 2. The molecule has 0 bridgehead atoms. The average Bonchev–Trinajstić information content (AvgIpc) is 2.96. The minimum Gasteiger partial charge on any atom is -0.396 e. The molecule has 1 unspecified atom stereocenters. The summed E-state index contributed by atoms with van der Waals surface area (Å²) in [6, 6.07) is 12.5. The lowest BCUT2D eigenvalue weighted by Crippen LogP contribution is -2.28. The number of hydrogen-bond acceptors (Lipinski definition) is 3. The average molecular weight is 343 g/mol. The molecule has 0 saturated carbocycles. The fraction of sp³-hybridized carbons (Fsp3) is 0.188. The van der Waals surface area contributed by atoms with Gasteiger partial charge in [-0.05, 0) is 25.0 Å². The molecule has 106 valence electrons. The third-order valence-electron chi connectivity index (χ3n) is 3.80. The van der Waals surface area contributed by atoms with Crippen LogP contribution in [0, 0.1) is 18.3 Å². The Balaban J connectivity index is 2.00. The van der Waals surface area contributed by atoms with Gasteiger partial charge in [-0.15, -0.1) is 0 Å². The van der Waals surface area contributed by atoms with E-state index in [0.717, 1.165) is 17.7 Å². The predicted octanol–water partition coefficient (Wildman–Crippen LogP) is 3.38.